The van der Waals surface area contributed by atoms with Crippen LogP contribution in [0.3, 0.4) is 0 Å². The predicted octanol–water partition coefficient (Wildman–Crippen LogP) is 2.26. The van der Waals surface area contributed by atoms with E-state index in [1.165, 1.54) is 11.8 Å². The lowest BCUT2D eigenvalue weighted by Gasteiger charge is -2.41. The standard InChI is InChI=1S/C27H34N8O3S/c1-17-24(28)27(16-38-17)4-9-33(10-5-27)25-20(14-36)32-22(12-30-25)39-21-3-7-29-26-23(21)37-15-19-11-18(13-34(19)26)35-8-2-6-31-35/h2-3,6-8,12,17-19,24,36H,4-5,9-11,13-16,28H2,1H3. The fourth-order valence-corrected chi connectivity index (χ4v) is 7.45. The van der Waals surface area contributed by atoms with E-state index in [1.54, 1.807) is 6.20 Å². The molecule has 0 bridgehead atoms. The van der Waals surface area contributed by atoms with Crippen molar-refractivity contribution in [2.45, 2.75) is 66.9 Å². The zero-order valence-electron chi connectivity index (χ0n) is 22.0. The lowest BCUT2D eigenvalue weighted by Crippen LogP contribution is -2.51. The van der Waals surface area contributed by atoms with Crippen LogP contribution in [0.2, 0.25) is 0 Å². The minimum atomic E-state index is -0.173. The number of ether oxygens (including phenoxy) is 2. The van der Waals surface area contributed by atoms with E-state index in [-0.39, 0.29) is 30.2 Å². The van der Waals surface area contributed by atoms with Crippen LogP contribution in [0.1, 0.15) is 37.9 Å². The summed E-state index contributed by atoms with van der Waals surface area (Å²) in [6, 6.07) is 4.55. The van der Waals surface area contributed by atoms with Crippen molar-refractivity contribution in [1.82, 2.24) is 24.7 Å². The predicted molar refractivity (Wildman–Crippen MR) is 146 cm³/mol. The van der Waals surface area contributed by atoms with Gasteiger partial charge in [0.1, 0.15) is 17.3 Å². The maximum absolute atomic E-state index is 10.2. The summed E-state index contributed by atoms with van der Waals surface area (Å²) in [5.41, 5.74) is 7.11. The van der Waals surface area contributed by atoms with Crippen LogP contribution < -0.4 is 20.3 Å². The average Bonchev–Trinajstić information content (AvgIpc) is 3.71. The van der Waals surface area contributed by atoms with Gasteiger partial charge in [-0.1, -0.05) is 11.8 Å². The third kappa shape index (κ3) is 4.33. The van der Waals surface area contributed by atoms with Gasteiger partial charge in [0, 0.05) is 49.7 Å². The molecular weight excluding hydrogens is 516 g/mol. The second-order valence-corrected chi connectivity index (χ2v) is 12.1. The molecule has 0 aromatic carbocycles. The monoisotopic (exact) mass is 550 g/mol. The van der Waals surface area contributed by atoms with Gasteiger partial charge in [-0.15, -0.1) is 0 Å². The number of aliphatic hydroxyl groups is 1. The number of anilines is 2. The number of nitrogens with two attached hydrogens (primary N) is 1. The number of hydrogen-bond acceptors (Lipinski definition) is 11. The first-order valence-corrected chi connectivity index (χ1v) is 14.5. The van der Waals surface area contributed by atoms with Crippen molar-refractivity contribution in [1.29, 1.82) is 0 Å². The van der Waals surface area contributed by atoms with E-state index in [0.29, 0.717) is 23.4 Å². The molecule has 4 atom stereocenters. The molecule has 0 aliphatic carbocycles. The summed E-state index contributed by atoms with van der Waals surface area (Å²) < 4.78 is 14.2. The molecule has 206 valence electrons. The zero-order chi connectivity index (χ0) is 26.6. The van der Waals surface area contributed by atoms with Crippen LogP contribution in [-0.2, 0) is 11.3 Å². The van der Waals surface area contributed by atoms with Gasteiger partial charge in [-0.05, 0) is 38.3 Å². The Kier molecular flexibility index (Phi) is 6.37. The first-order chi connectivity index (χ1) is 19.0. The summed E-state index contributed by atoms with van der Waals surface area (Å²) in [7, 11) is 0. The van der Waals surface area contributed by atoms with Crippen molar-refractivity contribution in [2.75, 3.05) is 42.6 Å². The highest BCUT2D eigenvalue weighted by atomic mass is 32.2. The molecule has 1 spiro atoms. The number of fused-ring (bicyclic) bond motifs is 3. The van der Waals surface area contributed by atoms with E-state index < -0.39 is 0 Å². The molecule has 3 aromatic rings. The van der Waals surface area contributed by atoms with E-state index in [1.807, 2.05) is 35.4 Å². The van der Waals surface area contributed by atoms with Crippen LogP contribution in [0.25, 0.3) is 0 Å². The Morgan fingerprint density at radius 2 is 2.05 bits per heavy atom. The quantitative estimate of drug-likeness (QED) is 0.485. The minimum absolute atomic E-state index is 0.0334. The van der Waals surface area contributed by atoms with Crippen molar-refractivity contribution in [3.63, 3.8) is 0 Å². The smallest absolute Gasteiger partial charge is 0.175 e. The van der Waals surface area contributed by atoms with Crippen molar-refractivity contribution in [3.05, 3.63) is 42.6 Å². The van der Waals surface area contributed by atoms with Gasteiger partial charge in [-0.25, -0.2) is 15.0 Å². The first-order valence-electron chi connectivity index (χ1n) is 13.7. The Balaban J connectivity index is 1.08. The topological polar surface area (TPSA) is 128 Å². The third-order valence-corrected chi connectivity index (χ3v) is 9.85. The molecule has 0 radical (unpaired) electrons. The highest BCUT2D eigenvalue weighted by Gasteiger charge is 2.48. The molecule has 4 unspecified atom stereocenters. The van der Waals surface area contributed by atoms with Crippen molar-refractivity contribution >= 4 is 23.4 Å². The lowest BCUT2D eigenvalue weighted by atomic mass is 9.73. The lowest BCUT2D eigenvalue weighted by molar-refractivity contribution is 0.0973. The van der Waals surface area contributed by atoms with Gasteiger partial charge in [0.05, 0.1) is 42.5 Å². The fourth-order valence-electron chi connectivity index (χ4n) is 6.59. The van der Waals surface area contributed by atoms with Gasteiger partial charge in [0.2, 0.25) is 0 Å². The molecule has 39 heavy (non-hydrogen) atoms. The molecule has 0 saturated carbocycles. The van der Waals surface area contributed by atoms with E-state index >= 15 is 0 Å². The van der Waals surface area contributed by atoms with Gasteiger partial charge in [0.25, 0.3) is 0 Å². The summed E-state index contributed by atoms with van der Waals surface area (Å²) in [5.74, 6) is 2.39. The molecule has 7 rings (SSSR count). The fraction of sp³-hybridized carbons (Fsp3) is 0.556. The molecule has 3 saturated heterocycles. The third-order valence-electron chi connectivity index (χ3n) is 8.90. The second kappa shape index (κ2) is 9.92. The number of piperidine rings is 1. The van der Waals surface area contributed by atoms with Crippen molar-refractivity contribution in [3.8, 4) is 5.75 Å². The molecule has 3 fully saturated rings. The van der Waals surface area contributed by atoms with Crippen molar-refractivity contribution in [2.24, 2.45) is 11.1 Å². The number of rotatable bonds is 5. The Morgan fingerprint density at radius 3 is 2.79 bits per heavy atom. The highest BCUT2D eigenvalue weighted by Crippen LogP contribution is 2.46. The molecule has 0 amide bonds. The summed E-state index contributed by atoms with van der Waals surface area (Å²) in [6.07, 6.45) is 10.4. The van der Waals surface area contributed by atoms with E-state index in [2.05, 4.69) is 26.8 Å². The normalized spacial score (nSPS) is 27.5. The van der Waals surface area contributed by atoms with Crippen LogP contribution in [0.5, 0.6) is 5.75 Å². The number of pyridine rings is 1. The van der Waals surface area contributed by atoms with Crippen LogP contribution in [0.4, 0.5) is 11.6 Å². The number of nitrogens with zero attached hydrogens (tertiary/aromatic N) is 7. The van der Waals surface area contributed by atoms with E-state index in [0.717, 1.165) is 67.8 Å². The molecule has 3 aromatic heterocycles. The Hall–Kier alpha value is -2.93. The minimum Gasteiger partial charge on any atom is -0.486 e. The summed E-state index contributed by atoms with van der Waals surface area (Å²) >= 11 is 1.49. The maximum Gasteiger partial charge on any atom is 0.175 e. The summed E-state index contributed by atoms with van der Waals surface area (Å²) in [4.78, 5) is 19.7. The zero-order valence-corrected chi connectivity index (χ0v) is 22.8. The molecule has 7 heterocycles. The molecule has 12 heteroatoms. The summed E-state index contributed by atoms with van der Waals surface area (Å²) in [5, 5.41) is 15.3. The Bertz CT molecular complexity index is 1330. The van der Waals surface area contributed by atoms with Crippen LogP contribution in [-0.4, -0.2) is 80.9 Å². The molecule has 4 aliphatic heterocycles. The van der Waals surface area contributed by atoms with Crippen LogP contribution in [0.15, 0.2) is 46.8 Å². The van der Waals surface area contributed by atoms with E-state index in [4.69, 9.17) is 25.2 Å². The maximum atomic E-state index is 10.2. The summed E-state index contributed by atoms with van der Waals surface area (Å²) in [6.45, 7) is 5.70. The van der Waals surface area contributed by atoms with Gasteiger partial charge in [-0.2, -0.15) is 5.10 Å². The van der Waals surface area contributed by atoms with Crippen LogP contribution in [0, 0.1) is 5.41 Å². The molecule has 4 aliphatic rings. The van der Waals surface area contributed by atoms with Gasteiger partial charge in [-0.3, -0.25) is 4.68 Å². The Labute approximate surface area is 231 Å². The molecule has 3 N–H and O–H groups in total. The SMILES string of the molecule is CC1OCC2(CCN(c3ncc(Sc4ccnc5c4OCC4CC(n6cccn6)CN54)nc3CO)CC2)C1N. The largest absolute Gasteiger partial charge is 0.486 e. The van der Waals surface area contributed by atoms with Crippen molar-refractivity contribution < 1.29 is 14.6 Å². The second-order valence-electron chi connectivity index (χ2n) is 11.1. The van der Waals surface area contributed by atoms with Crippen LogP contribution >= 0.6 is 11.8 Å². The number of aromatic nitrogens is 5. The number of hydrogen-bond donors (Lipinski definition) is 2. The average molecular weight is 551 g/mol. The highest BCUT2D eigenvalue weighted by molar-refractivity contribution is 7.99. The molecule has 11 nitrogen and oxygen atoms in total. The molecular formula is C27H34N8O3S. The first kappa shape index (κ1) is 25.1. The van der Waals surface area contributed by atoms with Gasteiger partial charge >= 0.3 is 0 Å². The Morgan fingerprint density at radius 1 is 1.18 bits per heavy atom. The van der Waals surface area contributed by atoms with E-state index in [9.17, 15) is 5.11 Å². The number of aliphatic hydroxyl groups excluding tert-OH is 1. The van der Waals surface area contributed by atoms with Gasteiger partial charge < -0.3 is 30.1 Å². The van der Waals surface area contributed by atoms with Gasteiger partial charge in [0.15, 0.2) is 17.4 Å².